The number of hydrogen-bond donors (Lipinski definition) is 0. The van der Waals surface area contributed by atoms with E-state index in [0.29, 0.717) is 12.6 Å². The third-order valence-corrected chi connectivity index (χ3v) is 5.80. The predicted molar refractivity (Wildman–Crippen MR) is 94.2 cm³/mol. The summed E-state index contributed by atoms with van der Waals surface area (Å²) < 4.78 is 5.66. The molecule has 0 radical (unpaired) electrons. The minimum absolute atomic E-state index is 0.0497. The first-order valence-corrected chi connectivity index (χ1v) is 9.80. The summed E-state index contributed by atoms with van der Waals surface area (Å²) in [5.41, 5.74) is 0. The van der Waals surface area contributed by atoms with E-state index in [-0.39, 0.29) is 17.7 Å². The molecule has 0 saturated carbocycles. The molecule has 2 fully saturated rings. The van der Waals surface area contributed by atoms with Crippen LogP contribution in [0.1, 0.15) is 42.3 Å². The largest absolute Gasteiger partial charge is 0.378 e. The second kappa shape index (κ2) is 8.12. The maximum atomic E-state index is 12.8. The molecule has 5 nitrogen and oxygen atoms in total. The molecule has 0 aromatic carbocycles. The van der Waals surface area contributed by atoms with Crippen LogP contribution in [0.4, 0.5) is 0 Å². The van der Waals surface area contributed by atoms with Crippen molar-refractivity contribution < 1.29 is 14.3 Å². The minimum Gasteiger partial charge on any atom is -0.378 e. The second-order valence-electron chi connectivity index (χ2n) is 6.55. The molecule has 1 aromatic rings. The summed E-state index contributed by atoms with van der Waals surface area (Å²) in [7, 11) is 0. The van der Waals surface area contributed by atoms with Gasteiger partial charge in [-0.05, 0) is 44.1 Å². The number of amides is 2. The van der Waals surface area contributed by atoms with Crippen molar-refractivity contribution in [2.24, 2.45) is 5.92 Å². The van der Waals surface area contributed by atoms with Crippen LogP contribution in [0.15, 0.2) is 17.5 Å². The van der Waals surface area contributed by atoms with Crippen LogP contribution in [-0.4, -0.2) is 60.5 Å². The van der Waals surface area contributed by atoms with Gasteiger partial charge < -0.3 is 14.5 Å². The summed E-state index contributed by atoms with van der Waals surface area (Å²) in [6.07, 6.45) is 3.93. The number of rotatable bonds is 4. The van der Waals surface area contributed by atoms with E-state index in [1.807, 2.05) is 34.2 Å². The standard InChI is InChI=1S/C18H26N2O3S/c1-2-23-15-7-10-19(11-8-15)17(21)14-5-3-9-20(13-14)18(22)16-6-4-12-24-16/h4,6,12,14-15H,2-3,5,7-11,13H2,1H3. The van der Waals surface area contributed by atoms with Crippen molar-refractivity contribution in [1.29, 1.82) is 0 Å². The van der Waals surface area contributed by atoms with E-state index in [1.165, 1.54) is 11.3 Å². The molecule has 0 spiro atoms. The molecule has 24 heavy (non-hydrogen) atoms. The Morgan fingerprint density at radius 1 is 1.21 bits per heavy atom. The minimum atomic E-state index is -0.0497. The maximum absolute atomic E-state index is 12.8. The molecular formula is C18H26N2O3S. The van der Waals surface area contributed by atoms with Gasteiger partial charge in [-0.2, -0.15) is 0 Å². The Morgan fingerprint density at radius 3 is 2.67 bits per heavy atom. The molecule has 0 aliphatic carbocycles. The summed E-state index contributed by atoms with van der Waals surface area (Å²) in [6.45, 7) is 5.62. The number of piperidine rings is 2. The third kappa shape index (κ3) is 3.98. The second-order valence-corrected chi connectivity index (χ2v) is 7.50. The van der Waals surface area contributed by atoms with Gasteiger partial charge in [0.15, 0.2) is 0 Å². The van der Waals surface area contributed by atoms with E-state index in [2.05, 4.69) is 0 Å². The summed E-state index contributed by atoms with van der Waals surface area (Å²) in [5.74, 6) is 0.234. The van der Waals surface area contributed by atoms with E-state index in [0.717, 1.165) is 56.8 Å². The number of hydrogen-bond acceptors (Lipinski definition) is 4. The molecule has 0 bridgehead atoms. The van der Waals surface area contributed by atoms with Crippen LogP contribution < -0.4 is 0 Å². The number of likely N-dealkylation sites (tertiary alicyclic amines) is 2. The van der Waals surface area contributed by atoms with Crippen LogP contribution in [0.5, 0.6) is 0 Å². The van der Waals surface area contributed by atoms with Crippen LogP contribution in [0.3, 0.4) is 0 Å². The zero-order chi connectivity index (χ0) is 16.9. The van der Waals surface area contributed by atoms with Gasteiger partial charge >= 0.3 is 0 Å². The summed E-state index contributed by atoms with van der Waals surface area (Å²) in [6, 6.07) is 3.75. The van der Waals surface area contributed by atoms with Gasteiger partial charge in [0.1, 0.15) is 0 Å². The number of carbonyl (C=O) groups excluding carboxylic acids is 2. The molecule has 2 saturated heterocycles. The smallest absolute Gasteiger partial charge is 0.263 e. The SMILES string of the molecule is CCOC1CCN(C(=O)C2CCCN(C(=O)c3cccs3)C2)CC1. The molecular weight excluding hydrogens is 324 g/mol. The Balaban J connectivity index is 1.55. The van der Waals surface area contributed by atoms with Crippen LogP contribution >= 0.6 is 11.3 Å². The van der Waals surface area contributed by atoms with Crippen molar-refractivity contribution in [3.63, 3.8) is 0 Å². The topological polar surface area (TPSA) is 49.9 Å². The molecule has 1 aromatic heterocycles. The van der Waals surface area contributed by atoms with Crippen molar-refractivity contribution >= 4 is 23.2 Å². The lowest BCUT2D eigenvalue weighted by atomic mass is 9.95. The van der Waals surface area contributed by atoms with E-state index >= 15 is 0 Å². The van der Waals surface area contributed by atoms with Crippen molar-refractivity contribution in [2.75, 3.05) is 32.8 Å². The van der Waals surface area contributed by atoms with E-state index in [1.54, 1.807) is 0 Å². The summed E-state index contributed by atoms with van der Waals surface area (Å²) >= 11 is 1.47. The van der Waals surface area contributed by atoms with E-state index in [4.69, 9.17) is 4.74 Å². The maximum Gasteiger partial charge on any atom is 0.263 e. The lowest BCUT2D eigenvalue weighted by Gasteiger charge is -2.37. The number of nitrogens with zero attached hydrogens (tertiary/aromatic N) is 2. The molecule has 2 amide bonds. The Morgan fingerprint density at radius 2 is 2.00 bits per heavy atom. The normalized spacial score (nSPS) is 22.6. The quantitative estimate of drug-likeness (QED) is 0.839. The Bertz CT molecular complexity index is 553. The molecule has 6 heteroatoms. The van der Waals surface area contributed by atoms with Crippen LogP contribution in [0, 0.1) is 5.92 Å². The Hall–Kier alpha value is -1.40. The van der Waals surface area contributed by atoms with Gasteiger partial charge in [-0.1, -0.05) is 6.07 Å². The highest BCUT2D eigenvalue weighted by atomic mass is 32.1. The number of ether oxygens (including phenoxy) is 1. The van der Waals surface area contributed by atoms with Crippen molar-refractivity contribution in [2.45, 2.75) is 38.7 Å². The summed E-state index contributed by atoms with van der Waals surface area (Å²) in [5, 5.41) is 1.92. The highest BCUT2D eigenvalue weighted by molar-refractivity contribution is 7.12. The molecule has 3 rings (SSSR count). The van der Waals surface area contributed by atoms with Crippen molar-refractivity contribution in [3.05, 3.63) is 22.4 Å². The first-order valence-electron chi connectivity index (χ1n) is 8.92. The number of thiophene rings is 1. The fourth-order valence-corrected chi connectivity index (χ4v) is 4.35. The first kappa shape index (κ1) is 17.4. The average molecular weight is 350 g/mol. The van der Waals surface area contributed by atoms with Gasteiger partial charge in [0.25, 0.3) is 5.91 Å². The van der Waals surface area contributed by atoms with E-state index in [9.17, 15) is 9.59 Å². The molecule has 1 unspecified atom stereocenters. The van der Waals surface area contributed by atoms with Gasteiger partial charge in [0, 0.05) is 32.8 Å². The van der Waals surface area contributed by atoms with Crippen molar-refractivity contribution in [1.82, 2.24) is 9.80 Å². The third-order valence-electron chi connectivity index (χ3n) is 4.95. The predicted octanol–water partition coefficient (Wildman–Crippen LogP) is 2.63. The molecule has 1 atom stereocenters. The number of carbonyl (C=O) groups is 2. The highest BCUT2D eigenvalue weighted by Crippen LogP contribution is 2.24. The summed E-state index contributed by atoms with van der Waals surface area (Å²) in [4.78, 5) is 29.9. The van der Waals surface area contributed by atoms with E-state index < -0.39 is 0 Å². The van der Waals surface area contributed by atoms with Gasteiger partial charge in [-0.25, -0.2) is 0 Å². The molecule has 0 N–H and O–H groups in total. The van der Waals surface area contributed by atoms with Crippen LogP contribution in [0.25, 0.3) is 0 Å². The Labute approximate surface area is 147 Å². The van der Waals surface area contributed by atoms with Crippen molar-refractivity contribution in [3.8, 4) is 0 Å². The van der Waals surface area contributed by atoms with Gasteiger partial charge in [0.2, 0.25) is 5.91 Å². The van der Waals surface area contributed by atoms with Gasteiger partial charge in [0.05, 0.1) is 16.9 Å². The molecule has 132 valence electrons. The van der Waals surface area contributed by atoms with Crippen LogP contribution in [-0.2, 0) is 9.53 Å². The fraction of sp³-hybridized carbons (Fsp3) is 0.667. The first-order chi connectivity index (χ1) is 11.7. The monoisotopic (exact) mass is 350 g/mol. The lowest BCUT2D eigenvalue weighted by molar-refractivity contribution is -0.139. The van der Waals surface area contributed by atoms with Crippen LogP contribution in [0.2, 0.25) is 0 Å². The highest BCUT2D eigenvalue weighted by Gasteiger charge is 2.33. The molecule has 3 heterocycles. The lowest BCUT2D eigenvalue weighted by Crippen LogP contribution is -2.49. The fourth-order valence-electron chi connectivity index (χ4n) is 3.66. The zero-order valence-electron chi connectivity index (χ0n) is 14.3. The Kier molecular flexibility index (Phi) is 5.89. The zero-order valence-corrected chi connectivity index (χ0v) is 15.1. The average Bonchev–Trinajstić information content (AvgIpc) is 3.16. The molecule has 2 aliphatic rings. The molecule has 2 aliphatic heterocycles. The van der Waals surface area contributed by atoms with Gasteiger partial charge in [-0.15, -0.1) is 11.3 Å². The van der Waals surface area contributed by atoms with Gasteiger partial charge in [-0.3, -0.25) is 9.59 Å².